The molecule has 0 N–H and O–H groups in total. The first-order chi connectivity index (χ1) is 17.8. The number of epoxide rings is 2. The van der Waals surface area contributed by atoms with Crippen LogP contribution in [-0.4, -0.2) is 38.1 Å². The van der Waals surface area contributed by atoms with Gasteiger partial charge in [0.25, 0.3) is 0 Å². The average molecular weight is 487 g/mol. The lowest BCUT2D eigenvalue weighted by Crippen LogP contribution is -2.33. The van der Waals surface area contributed by atoms with Crippen LogP contribution in [0.3, 0.4) is 0 Å². The highest BCUT2D eigenvalue weighted by Gasteiger charge is 2.39. The van der Waals surface area contributed by atoms with Crippen molar-refractivity contribution in [3.63, 3.8) is 0 Å². The monoisotopic (exact) mass is 486 g/mol. The highest BCUT2D eigenvalue weighted by Crippen LogP contribution is 2.36. The third-order valence-electron chi connectivity index (χ3n) is 8.01. The molecular weight excluding hydrogens is 448 g/mol. The molecule has 0 radical (unpaired) electrons. The molecule has 3 unspecified atom stereocenters. The molecule has 1 saturated carbocycles. The Morgan fingerprint density at radius 2 is 1.39 bits per heavy atom. The minimum Gasteiger partial charge on any atom is -0.491 e. The molecule has 3 atom stereocenters. The van der Waals surface area contributed by atoms with Crippen molar-refractivity contribution in [1.82, 2.24) is 0 Å². The molecule has 2 saturated heterocycles. The largest absolute Gasteiger partial charge is 0.491 e. The molecule has 4 heteroatoms. The molecule has 6 rings (SSSR count). The number of allylic oxidation sites excluding steroid dienone is 4. The maximum absolute atomic E-state index is 6.65. The maximum Gasteiger partial charge on any atom is 0.130 e. The summed E-state index contributed by atoms with van der Waals surface area (Å²) in [6.45, 7) is 2.31. The molecule has 0 spiro atoms. The van der Waals surface area contributed by atoms with E-state index >= 15 is 0 Å². The summed E-state index contributed by atoms with van der Waals surface area (Å²) >= 11 is 0. The highest BCUT2D eigenvalue weighted by molar-refractivity contribution is 5.41. The van der Waals surface area contributed by atoms with Crippen LogP contribution in [0.1, 0.15) is 67.9 Å². The van der Waals surface area contributed by atoms with Gasteiger partial charge in [0.2, 0.25) is 0 Å². The molecule has 0 amide bonds. The van der Waals surface area contributed by atoms with Crippen molar-refractivity contribution >= 4 is 0 Å². The van der Waals surface area contributed by atoms with Crippen molar-refractivity contribution in [2.24, 2.45) is 5.92 Å². The van der Waals surface area contributed by atoms with E-state index in [9.17, 15) is 0 Å². The van der Waals surface area contributed by atoms with Crippen molar-refractivity contribution in [3.05, 3.63) is 84.0 Å². The Labute approximate surface area is 215 Å². The SMILES string of the molecule is C1=CC(c2cccc(OC(C3CCCCCCC3)C3CO3)c2)C=CC1c1ccc(OCC2CO2)cc1. The van der Waals surface area contributed by atoms with Gasteiger partial charge in [0.15, 0.2) is 0 Å². The van der Waals surface area contributed by atoms with Crippen molar-refractivity contribution in [3.8, 4) is 11.5 Å². The molecule has 2 heterocycles. The van der Waals surface area contributed by atoms with Crippen LogP contribution in [0.15, 0.2) is 72.8 Å². The van der Waals surface area contributed by atoms with Gasteiger partial charge in [-0.3, -0.25) is 0 Å². The van der Waals surface area contributed by atoms with Gasteiger partial charge >= 0.3 is 0 Å². The van der Waals surface area contributed by atoms with Crippen LogP contribution in [0, 0.1) is 5.92 Å². The highest BCUT2D eigenvalue weighted by atomic mass is 16.6. The van der Waals surface area contributed by atoms with E-state index in [4.69, 9.17) is 18.9 Å². The van der Waals surface area contributed by atoms with Crippen molar-refractivity contribution in [1.29, 1.82) is 0 Å². The minimum atomic E-state index is 0.184. The summed E-state index contributed by atoms with van der Waals surface area (Å²) in [7, 11) is 0. The second-order valence-electron chi connectivity index (χ2n) is 10.8. The molecule has 0 aromatic heterocycles. The molecule has 36 heavy (non-hydrogen) atoms. The Bertz CT molecular complexity index is 1030. The lowest BCUT2D eigenvalue weighted by Gasteiger charge is -2.28. The number of ether oxygens (including phenoxy) is 4. The van der Waals surface area contributed by atoms with Crippen LogP contribution in [0.4, 0.5) is 0 Å². The fraction of sp³-hybridized carbons (Fsp3) is 0.500. The van der Waals surface area contributed by atoms with Gasteiger partial charge < -0.3 is 18.9 Å². The molecule has 2 aliphatic heterocycles. The third-order valence-corrected chi connectivity index (χ3v) is 8.01. The predicted octanol–water partition coefficient (Wildman–Crippen LogP) is 6.96. The summed E-state index contributed by atoms with van der Waals surface area (Å²) in [4.78, 5) is 0. The molecule has 4 nitrogen and oxygen atoms in total. The number of hydrogen-bond donors (Lipinski definition) is 0. The molecule has 2 aromatic rings. The Morgan fingerprint density at radius 3 is 2.06 bits per heavy atom. The molecule has 190 valence electrons. The summed E-state index contributed by atoms with van der Waals surface area (Å²) in [5, 5.41) is 0. The third kappa shape index (κ3) is 6.22. The van der Waals surface area contributed by atoms with Gasteiger partial charge in [-0.05, 0) is 54.2 Å². The lowest BCUT2D eigenvalue weighted by molar-refractivity contribution is 0.0853. The number of hydrogen-bond acceptors (Lipinski definition) is 4. The van der Waals surface area contributed by atoms with Crippen molar-refractivity contribution < 1.29 is 18.9 Å². The second kappa shape index (κ2) is 11.2. The number of benzene rings is 2. The van der Waals surface area contributed by atoms with E-state index in [0.717, 1.165) is 24.7 Å². The summed E-state index contributed by atoms with van der Waals surface area (Å²) < 4.78 is 23.4. The molecular formula is C32H38O4. The zero-order valence-corrected chi connectivity index (χ0v) is 21.1. The quantitative estimate of drug-likeness (QED) is 0.284. The maximum atomic E-state index is 6.65. The van der Waals surface area contributed by atoms with Crippen LogP contribution >= 0.6 is 0 Å². The average Bonchev–Trinajstić information content (AvgIpc) is 3.82. The normalized spacial score (nSPS) is 28.7. The lowest BCUT2D eigenvalue weighted by atomic mass is 9.86. The van der Waals surface area contributed by atoms with Gasteiger partial charge in [0.1, 0.15) is 36.4 Å². The second-order valence-corrected chi connectivity index (χ2v) is 10.8. The molecule has 2 aromatic carbocycles. The van der Waals surface area contributed by atoms with Gasteiger partial charge in [-0.1, -0.05) is 80.7 Å². The van der Waals surface area contributed by atoms with E-state index < -0.39 is 0 Å². The van der Waals surface area contributed by atoms with E-state index in [1.54, 1.807) is 0 Å². The summed E-state index contributed by atoms with van der Waals surface area (Å²) in [5.74, 6) is 3.05. The van der Waals surface area contributed by atoms with Gasteiger partial charge in [0.05, 0.1) is 13.2 Å². The van der Waals surface area contributed by atoms with Crippen molar-refractivity contribution in [2.45, 2.75) is 75.1 Å². The first-order valence-electron chi connectivity index (χ1n) is 13.9. The van der Waals surface area contributed by atoms with Crippen LogP contribution in [0.5, 0.6) is 11.5 Å². The smallest absolute Gasteiger partial charge is 0.130 e. The van der Waals surface area contributed by atoms with Gasteiger partial charge in [-0.25, -0.2) is 0 Å². The van der Waals surface area contributed by atoms with Gasteiger partial charge in [0, 0.05) is 11.8 Å². The molecule has 3 fully saturated rings. The Morgan fingerprint density at radius 1 is 0.722 bits per heavy atom. The summed E-state index contributed by atoms with van der Waals surface area (Å²) in [6.07, 6.45) is 19.3. The first-order valence-corrected chi connectivity index (χ1v) is 13.9. The fourth-order valence-corrected chi connectivity index (χ4v) is 5.68. The Hall–Kier alpha value is -2.56. The first kappa shape index (κ1) is 23.8. The summed E-state index contributed by atoms with van der Waals surface area (Å²) in [6, 6.07) is 17.1. The van der Waals surface area contributed by atoms with E-state index in [0.29, 0.717) is 12.5 Å². The Kier molecular flexibility index (Phi) is 7.43. The number of rotatable bonds is 9. The Balaban J connectivity index is 1.08. The summed E-state index contributed by atoms with van der Waals surface area (Å²) in [5.41, 5.74) is 2.55. The van der Waals surface area contributed by atoms with Crippen molar-refractivity contribution in [2.75, 3.05) is 19.8 Å². The van der Waals surface area contributed by atoms with E-state index in [2.05, 4.69) is 72.8 Å². The minimum absolute atomic E-state index is 0.184. The van der Waals surface area contributed by atoms with E-state index in [1.165, 1.54) is 56.1 Å². The molecule has 2 aliphatic carbocycles. The standard InChI is InChI=1S/C32H38O4/c1-2-4-7-26(8-5-3-1)32(31-22-35-31)36-29-10-6-9-27(19-29)25-13-11-23(12-14-25)24-15-17-28(18-16-24)33-20-30-21-34-30/h6,9-19,23,25-26,30-32H,1-5,7-8,20-22H2. The molecule has 4 aliphatic rings. The van der Waals surface area contributed by atoms with Crippen LogP contribution in [0.2, 0.25) is 0 Å². The zero-order chi connectivity index (χ0) is 24.2. The topological polar surface area (TPSA) is 43.5 Å². The fourth-order valence-electron chi connectivity index (χ4n) is 5.68. The van der Waals surface area contributed by atoms with Gasteiger partial charge in [-0.2, -0.15) is 0 Å². The van der Waals surface area contributed by atoms with Gasteiger partial charge in [-0.15, -0.1) is 0 Å². The van der Waals surface area contributed by atoms with E-state index in [-0.39, 0.29) is 30.1 Å². The van der Waals surface area contributed by atoms with Crippen LogP contribution in [-0.2, 0) is 9.47 Å². The van der Waals surface area contributed by atoms with Crippen LogP contribution < -0.4 is 9.47 Å². The van der Waals surface area contributed by atoms with E-state index in [1.807, 2.05) is 0 Å². The van der Waals surface area contributed by atoms with Crippen LogP contribution in [0.25, 0.3) is 0 Å². The predicted molar refractivity (Wildman–Crippen MR) is 142 cm³/mol. The molecule has 0 bridgehead atoms. The zero-order valence-electron chi connectivity index (χ0n) is 21.1.